The smallest absolute Gasteiger partial charge is 0.469 e. The summed E-state index contributed by atoms with van der Waals surface area (Å²) in [6.07, 6.45) is -6.10. The maximum Gasteiger partial charge on any atom is 0.574 e. The Bertz CT molecular complexity index is 546. The van der Waals surface area contributed by atoms with E-state index >= 15 is 0 Å². The highest BCUT2D eigenvalue weighted by molar-refractivity contribution is 5.74. The van der Waals surface area contributed by atoms with Crippen LogP contribution in [0, 0.1) is 16.1 Å². The molecule has 110 valence electrons. The number of aromatic nitrogens is 1. The standard InChI is InChI=1S/C9H6F4N2O5/c1-19-6(16)3-4-2-5(10)14-8(7(4)15(17)18)20-9(11,12)13/h2H,3H2,1H3. The maximum atomic E-state index is 13.1. The van der Waals surface area contributed by atoms with Crippen LogP contribution in [0.2, 0.25) is 0 Å². The van der Waals surface area contributed by atoms with E-state index in [1.54, 1.807) is 0 Å². The second-order valence-electron chi connectivity index (χ2n) is 3.32. The van der Waals surface area contributed by atoms with E-state index in [1.807, 2.05) is 0 Å². The largest absolute Gasteiger partial charge is 0.574 e. The van der Waals surface area contributed by atoms with E-state index in [0.717, 1.165) is 7.11 Å². The molecule has 0 aromatic carbocycles. The predicted octanol–water partition coefficient (Wildman–Crippen LogP) is 1.74. The molecule has 1 rings (SSSR count). The Hall–Kier alpha value is -2.46. The molecular formula is C9H6F4N2O5. The van der Waals surface area contributed by atoms with Crippen molar-refractivity contribution >= 4 is 11.7 Å². The molecule has 0 unspecified atom stereocenters. The van der Waals surface area contributed by atoms with Crippen molar-refractivity contribution in [3.05, 3.63) is 27.7 Å². The maximum absolute atomic E-state index is 13.1. The van der Waals surface area contributed by atoms with Gasteiger partial charge in [0, 0.05) is 6.07 Å². The molecule has 0 aliphatic heterocycles. The third-order valence-electron chi connectivity index (χ3n) is 1.97. The number of carbonyl (C=O) groups excluding carboxylic acids is 1. The van der Waals surface area contributed by atoms with Crippen LogP contribution in [0.1, 0.15) is 5.56 Å². The lowest BCUT2D eigenvalue weighted by molar-refractivity contribution is -0.390. The van der Waals surface area contributed by atoms with Crippen molar-refractivity contribution in [2.75, 3.05) is 7.11 Å². The number of carbonyl (C=O) groups is 1. The molecule has 20 heavy (non-hydrogen) atoms. The summed E-state index contributed by atoms with van der Waals surface area (Å²) >= 11 is 0. The molecule has 11 heteroatoms. The highest BCUT2D eigenvalue weighted by Crippen LogP contribution is 2.33. The van der Waals surface area contributed by atoms with Gasteiger partial charge in [0.1, 0.15) is 0 Å². The number of alkyl halides is 3. The molecule has 7 nitrogen and oxygen atoms in total. The van der Waals surface area contributed by atoms with Gasteiger partial charge in [0.25, 0.3) is 0 Å². The van der Waals surface area contributed by atoms with Crippen LogP contribution in [0.15, 0.2) is 6.07 Å². The minimum absolute atomic E-state index is 0.457. The van der Waals surface area contributed by atoms with Crippen molar-refractivity contribution in [2.24, 2.45) is 0 Å². The Balaban J connectivity index is 3.36. The average molecular weight is 298 g/mol. The highest BCUT2D eigenvalue weighted by atomic mass is 19.4. The Morgan fingerprint density at radius 1 is 1.50 bits per heavy atom. The van der Waals surface area contributed by atoms with Crippen molar-refractivity contribution in [2.45, 2.75) is 12.8 Å². The van der Waals surface area contributed by atoms with Crippen molar-refractivity contribution in [1.29, 1.82) is 0 Å². The number of esters is 1. The van der Waals surface area contributed by atoms with Crippen LogP contribution >= 0.6 is 0 Å². The number of pyridine rings is 1. The van der Waals surface area contributed by atoms with Gasteiger partial charge >= 0.3 is 23.9 Å². The highest BCUT2D eigenvalue weighted by Gasteiger charge is 2.37. The summed E-state index contributed by atoms with van der Waals surface area (Å²) in [4.78, 5) is 23.2. The lowest BCUT2D eigenvalue weighted by atomic mass is 10.1. The van der Waals surface area contributed by atoms with E-state index < -0.39 is 46.8 Å². The molecule has 0 atom stereocenters. The zero-order valence-corrected chi connectivity index (χ0v) is 9.73. The zero-order chi connectivity index (χ0) is 15.5. The minimum atomic E-state index is -5.30. The second-order valence-corrected chi connectivity index (χ2v) is 3.32. The second kappa shape index (κ2) is 5.67. The lowest BCUT2D eigenvalue weighted by Crippen LogP contribution is -2.20. The van der Waals surface area contributed by atoms with Crippen LogP contribution < -0.4 is 4.74 Å². The van der Waals surface area contributed by atoms with E-state index in [1.165, 1.54) is 0 Å². The third-order valence-corrected chi connectivity index (χ3v) is 1.97. The number of nitrogens with zero attached hydrogens (tertiary/aromatic N) is 2. The van der Waals surface area contributed by atoms with E-state index in [0.29, 0.717) is 6.07 Å². The molecule has 0 fully saturated rings. The van der Waals surface area contributed by atoms with Crippen LogP contribution in [0.5, 0.6) is 5.88 Å². The molecule has 0 amide bonds. The van der Waals surface area contributed by atoms with Crippen LogP contribution in [0.25, 0.3) is 0 Å². The summed E-state index contributed by atoms with van der Waals surface area (Å²) in [6, 6.07) is 0.457. The third kappa shape index (κ3) is 4.03. The van der Waals surface area contributed by atoms with Crippen LogP contribution in [-0.2, 0) is 16.0 Å². The summed E-state index contributed by atoms with van der Waals surface area (Å²) in [5.41, 5.74) is -1.90. The Kier molecular flexibility index (Phi) is 4.42. The summed E-state index contributed by atoms with van der Waals surface area (Å²) in [5.74, 6) is -4.05. The van der Waals surface area contributed by atoms with Gasteiger partial charge in [-0.25, -0.2) is 0 Å². The van der Waals surface area contributed by atoms with Crippen molar-refractivity contribution in [3.8, 4) is 5.88 Å². The topological polar surface area (TPSA) is 91.6 Å². The number of hydrogen-bond acceptors (Lipinski definition) is 6. The molecule has 0 aliphatic rings. The number of nitro groups is 1. The van der Waals surface area contributed by atoms with Gasteiger partial charge in [-0.05, 0) is 0 Å². The molecule has 0 N–H and O–H groups in total. The number of halogens is 4. The van der Waals surface area contributed by atoms with Gasteiger partial charge in [0.15, 0.2) is 0 Å². The van der Waals surface area contributed by atoms with Crippen molar-refractivity contribution in [3.63, 3.8) is 0 Å². The van der Waals surface area contributed by atoms with Crippen LogP contribution in [0.4, 0.5) is 23.2 Å². The van der Waals surface area contributed by atoms with Crippen LogP contribution in [-0.4, -0.2) is 29.3 Å². The summed E-state index contributed by atoms with van der Waals surface area (Å²) in [6.45, 7) is 0. The van der Waals surface area contributed by atoms with Gasteiger partial charge < -0.3 is 9.47 Å². The van der Waals surface area contributed by atoms with E-state index in [9.17, 15) is 32.5 Å². The molecule has 0 saturated carbocycles. The minimum Gasteiger partial charge on any atom is -0.469 e. The molecule has 0 saturated heterocycles. The van der Waals surface area contributed by atoms with Crippen LogP contribution in [0.3, 0.4) is 0 Å². The number of rotatable bonds is 4. The first-order valence-electron chi connectivity index (χ1n) is 4.80. The molecule has 1 aromatic heterocycles. The van der Waals surface area contributed by atoms with Gasteiger partial charge in [-0.15, -0.1) is 13.2 Å². The quantitative estimate of drug-likeness (QED) is 0.276. The molecule has 1 aromatic rings. The monoisotopic (exact) mass is 298 g/mol. The van der Waals surface area contributed by atoms with Gasteiger partial charge in [-0.1, -0.05) is 0 Å². The lowest BCUT2D eigenvalue weighted by Gasteiger charge is -2.10. The average Bonchev–Trinajstić information content (AvgIpc) is 2.24. The number of hydrogen-bond donors (Lipinski definition) is 0. The summed E-state index contributed by atoms with van der Waals surface area (Å²) in [5, 5.41) is 10.8. The summed E-state index contributed by atoms with van der Waals surface area (Å²) < 4.78 is 56.8. The van der Waals surface area contributed by atoms with E-state index in [2.05, 4.69) is 14.5 Å². The first kappa shape index (κ1) is 15.6. The first-order chi connectivity index (χ1) is 9.14. The Morgan fingerprint density at radius 3 is 2.55 bits per heavy atom. The fraction of sp³-hybridized carbons (Fsp3) is 0.333. The Labute approximate surface area is 108 Å². The molecule has 0 spiro atoms. The molecule has 0 radical (unpaired) electrons. The van der Waals surface area contributed by atoms with E-state index in [4.69, 9.17) is 0 Å². The summed E-state index contributed by atoms with van der Waals surface area (Å²) in [7, 11) is 0.957. The fourth-order valence-corrected chi connectivity index (χ4v) is 1.27. The molecular weight excluding hydrogens is 292 g/mol. The van der Waals surface area contributed by atoms with Gasteiger partial charge in [-0.2, -0.15) is 9.37 Å². The molecule has 1 heterocycles. The number of ether oxygens (including phenoxy) is 2. The van der Waals surface area contributed by atoms with Crippen molar-refractivity contribution in [1.82, 2.24) is 4.98 Å². The van der Waals surface area contributed by atoms with Crippen molar-refractivity contribution < 1.29 is 36.8 Å². The normalized spacial score (nSPS) is 11.1. The van der Waals surface area contributed by atoms with Gasteiger partial charge in [0.2, 0.25) is 5.95 Å². The number of methoxy groups -OCH3 is 1. The SMILES string of the molecule is COC(=O)Cc1cc(F)nc(OC(F)(F)F)c1[N+](=O)[O-]. The van der Waals surface area contributed by atoms with E-state index in [-0.39, 0.29) is 0 Å². The molecule has 0 bridgehead atoms. The zero-order valence-electron chi connectivity index (χ0n) is 9.73. The predicted molar refractivity (Wildman–Crippen MR) is 53.3 cm³/mol. The van der Waals surface area contributed by atoms with Gasteiger partial charge in [-0.3, -0.25) is 14.9 Å². The van der Waals surface area contributed by atoms with Gasteiger partial charge in [0.05, 0.1) is 24.0 Å². The molecule has 0 aliphatic carbocycles. The first-order valence-corrected chi connectivity index (χ1v) is 4.80. The Morgan fingerprint density at radius 2 is 2.10 bits per heavy atom. The fourth-order valence-electron chi connectivity index (χ4n) is 1.27.